The first-order chi connectivity index (χ1) is 11.2. The maximum Gasteiger partial charge on any atom is 0.407 e. The van der Waals surface area contributed by atoms with Crippen molar-refractivity contribution in [3.05, 3.63) is 28.2 Å². The topological polar surface area (TPSA) is 84.7 Å². The second-order valence-corrected chi connectivity index (χ2v) is 7.83. The lowest BCUT2D eigenvalue weighted by atomic mass is 10.0. The van der Waals surface area contributed by atoms with Crippen LogP contribution in [0, 0.1) is 0 Å². The van der Waals surface area contributed by atoms with E-state index >= 15 is 0 Å². The second-order valence-electron chi connectivity index (χ2n) is 6.98. The molecule has 1 saturated heterocycles. The van der Waals surface area contributed by atoms with Gasteiger partial charge in [-0.15, -0.1) is 0 Å². The van der Waals surface area contributed by atoms with E-state index in [1.54, 1.807) is 23.1 Å². The Morgan fingerprint density at radius 3 is 2.71 bits per heavy atom. The molecule has 1 atom stereocenters. The highest BCUT2D eigenvalue weighted by Crippen LogP contribution is 2.23. The molecule has 0 bridgehead atoms. The van der Waals surface area contributed by atoms with E-state index in [9.17, 15) is 9.59 Å². The number of hydrogen-bond donors (Lipinski definition) is 2. The fourth-order valence-corrected chi connectivity index (χ4v) is 3.19. The highest BCUT2D eigenvalue weighted by atomic mass is 79.9. The summed E-state index contributed by atoms with van der Waals surface area (Å²) >= 11 is 3.39. The minimum atomic E-state index is -0.539. The van der Waals surface area contributed by atoms with Crippen molar-refractivity contribution in [2.24, 2.45) is 0 Å². The molecule has 3 N–H and O–H groups in total. The fourth-order valence-electron chi connectivity index (χ4n) is 2.63. The molecule has 1 heterocycles. The summed E-state index contributed by atoms with van der Waals surface area (Å²) in [5.41, 5.74) is 6.35. The molecule has 2 rings (SSSR count). The van der Waals surface area contributed by atoms with Crippen LogP contribution in [0.5, 0.6) is 0 Å². The zero-order valence-electron chi connectivity index (χ0n) is 14.3. The smallest absolute Gasteiger partial charge is 0.407 e. The maximum absolute atomic E-state index is 12.7. The zero-order chi connectivity index (χ0) is 17.9. The molecular formula is C17H24BrN3O3. The number of halogens is 1. The van der Waals surface area contributed by atoms with Crippen LogP contribution >= 0.6 is 15.9 Å². The number of likely N-dealkylation sites (tertiary alicyclic amines) is 1. The van der Waals surface area contributed by atoms with Gasteiger partial charge in [-0.1, -0.05) is 0 Å². The summed E-state index contributed by atoms with van der Waals surface area (Å²) in [4.78, 5) is 26.4. The summed E-state index contributed by atoms with van der Waals surface area (Å²) in [5, 5.41) is 2.85. The van der Waals surface area contributed by atoms with Crippen molar-refractivity contribution in [1.29, 1.82) is 0 Å². The Kier molecular flexibility index (Phi) is 5.74. The summed E-state index contributed by atoms with van der Waals surface area (Å²) in [5.74, 6) is -0.0717. The van der Waals surface area contributed by atoms with Crippen molar-refractivity contribution < 1.29 is 14.3 Å². The molecule has 0 spiro atoms. The van der Waals surface area contributed by atoms with E-state index in [0.29, 0.717) is 28.8 Å². The van der Waals surface area contributed by atoms with Crippen LogP contribution in [0.3, 0.4) is 0 Å². The summed E-state index contributed by atoms with van der Waals surface area (Å²) in [6.07, 6.45) is 1.21. The van der Waals surface area contributed by atoms with Crippen molar-refractivity contribution in [3.8, 4) is 0 Å². The predicted octanol–water partition coefficient (Wildman–Crippen LogP) is 3.16. The van der Waals surface area contributed by atoms with Gasteiger partial charge in [0.25, 0.3) is 5.91 Å². The van der Waals surface area contributed by atoms with Crippen molar-refractivity contribution in [2.75, 3.05) is 18.8 Å². The number of rotatable bonds is 2. The molecule has 0 unspecified atom stereocenters. The molecule has 1 aliphatic heterocycles. The number of benzene rings is 1. The number of nitrogens with zero attached hydrogens (tertiary/aromatic N) is 1. The number of alkyl carbamates (subject to hydrolysis) is 1. The summed E-state index contributed by atoms with van der Waals surface area (Å²) in [6.45, 7) is 6.60. The first-order valence-corrected chi connectivity index (χ1v) is 8.79. The van der Waals surface area contributed by atoms with Crippen LogP contribution in [-0.2, 0) is 4.74 Å². The van der Waals surface area contributed by atoms with Crippen LogP contribution in [0.15, 0.2) is 22.7 Å². The van der Waals surface area contributed by atoms with Crippen molar-refractivity contribution in [3.63, 3.8) is 0 Å². The second kappa shape index (κ2) is 7.42. The molecule has 1 aliphatic rings. The van der Waals surface area contributed by atoms with Gasteiger partial charge in [-0.3, -0.25) is 4.79 Å². The summed E-state index contributed by atoms with van der Waals surface area (Å²) in [6, 6.07) is 5.03. The lowest BCUT2D eigenvalue weighted by Crippen LogP contribution is -2.50. The van der Waals surface area contributed by atoms with Crippen molar-refractivity contribution in [2.45, 2.75) is 45.3 Å². The number of piperidine rings is 1. The Morgan fingerprint density at radius 2 is 2.08 bits per heavy atom. The minimum Gasteiger partial charge on any atom is -0.444 e. The van der Waals surface area contributed by atoms with E-state index in [2.05, 4.69) is 21.2 Å². The number of carbonyl (C=O) groups excluding carboxylic acids is 2. The third-order valence-corrected chi connectivity index (χ3v) is 4.31. The van der Waals surface area contributed by atoms with Gasteiger partial charge in [0.1, 0.15) is 5.60 Å². The Labute approximate surface area is 150 Å². The Hall–Kier alpha value is -1.76. The van der Waals surface area contributed by atoms with E-state index in [4.69, 9.17) is 10.5 Å². The number of nitrogens with one attached hydrogen (secondary N) is 1. The van der Waals surface area contributed by atoms with E-state index in [0.717, 1.165) is 12.8 Å². The van der Waals surface area contributed by atoms with Crippen molar-refractivity contribution in [1.82, 2.24) is 10.2 Å². The van der Waals surface area contributed by atoms with Gasteiger partial charge in [-0.05, 0) is 67.7 Å². The van der Waals surface area contributed by atoms with Gasteiger partial charge in [0.2, 0.25) is 0 Å². The highest BCUT2D eigenvalue weighted by molar-refractivity contribution is 9.10. The zero-order valence-corrected chi connectivity index (χ0v) is 15.9. The third-order valence-electron chi connectivity index (χ3n) is 3.65. The Morgan fingerprint density at radius 1 is 1.38 bits per heavy atom. The average Bonchev–Trinajstić information content (AvgIpc) is 2.44. The standard InChI is InChI=1S/C17H24BrN3O3/c1-17(2,3)24-16(23)20-12-5-4-8-21(10-12)15(22)13-7-6-11(19)9-14(13)18/h6-7,9,12H,4-5,8,10,19H2,1-3H3,(H,20,23)/t12-/m1/s1. The van der Waals surface area contributed by atoms with E-state index in [1.165, 1.54) is 0 Å². The molecule has 0 radical (unpaired) electrons. The predicted molar refractivity (Wildman–Crippen MR) is 96.8 cm³/mol. The van der Waals surface area contributed by atoms with Gasteiger partial charge in [-0.25, -0.2) is 4.79 Å². The number of amides is 2. The SMILES string of the molecule is CC(C)(C)OC(=O)N[C@@H]1CCCN(C(=O)c2ccc(N)cc2Br)C1. The minimum absolute atomic E-state index is 0.0717. The number of hydrogen-bond acceptors (Lipinski definition) is 4. The molecule has 24 heavy (non-hydrogen) atoms. The number of anilines is 1. The number of ether oxygens (including phenoxy) is 1. The molecule has 0 saturated carbocycles. The summed E-state index contributed by atoms with van der Waals surface area (Å²) in [7, 11) is 0. The molecule has 1 aromatic carbocycles. The molecule has 2 amide bonds. The quantitative estimate of drug-likeness (QED) is 0.750. The molecule has 0 aromatic heterocycles. The van der Waals surface area contributed by atoms with Gasteiger partial charge in [-0.2, -0.15) is 0 Å². The van der Waals surface area contributed by atoms with Crippen LogP contribution in [0.25, 0.3) is 0 Å². The van der Waals surface area contributed by atoms with Crippen LogP contribution in [0.2, 0.25) is 0 Å². The van der Waals surface area contributed by atoms with Gasteiger partial charge in [0.15, 0.2) is 0 Å². The lowest BCUT2D eigenvalue weighted by Gasteiger charge is -2.33. The van der Waals surface area contributed by atoms with Crippen LogP contribution < -0.4 is 11.1 Å². The van der Waals surface area contributed by atoms with Crippen molar-refractivity contribution >= 4 is 33.6 Å². The Bertz CT molecular complexity index is 628. The first kappa shape index (κ1) is 18.6. The third kappa shape index (κ3) is 5.12. The fraction of sp³-hybridized carbons (Fsp3) is 0.529. The van der Waals surface area contributed by atoms with Gasteiger partial charge in [0.05, 0.1) is 5.56 Å². The molecule has 132 valence electrons. The van der Waals surface area contributed by atoms with E-state index in [-0.39, 0.29) is 11.9 Å². The molecule has 0 aliphatic carbocycles. The molecule has 1 aromatic rings. The normalized spacial score (nSPS) is 18.2. The van der Waals surface area contributed by atoms with Crippen LogP contribution in [0.4, 0.5) is 10.5 Å². The molecule has 6 nitrogen and oxygen atoms in total. The van der Waals surface area contributed by atoms with Crippen LogP contribution in [-0.4, -0.2) is 41.6 Å². The number of nitrogens with two attached hydrogens (primary N) is 1. The largest absolute Gasteiger partial charge is 0.444 e. The number of nitrogen functional groups attached to an aromatic ring is 1. The summed E-state index contributed by atoms with van der Waals surface area (Å²) < 4.78 is 5.95. The number of carbonyl (C=O) groups is 2. The first-order valence-electron chi connectivity index (χ1n) is 7.99. The van der Waals surface area contributed by atoms with E-state index in [1.807, 2.05) is 20.8 Å². The molecular weight excluding hydrogens is 374 g/mol. The highest BCUT2D eigenvalue weighted by Gasteiger charge is 2.27. The van der Waals surface area contributed by atoms with Crippen LogP contribution in [0.1, 0.15) is 44.0 Å². The Balaban J connectivity index is 1.99. The van der Waals surface area contributed by atoms with Gasteiger partial charge >= 0.3 is 6.09 Å². The van der Waals surface area contributed by atoms with Gasteiger partial charge in [0, 0.05) is 29.3 Å². The average molecular weight is 398 g/mol. The lowest BCUT2D eigenvalue weighted by molar-refractivity contribution is 0.0452. The molecule has 7 heteroatoms. The molecule has 1 fully saturated rings. The van der Waals surface area contributed by atoms with Gasteiger partial charge < -0.3 is 20.7 Å². The monoisotopic (exact) mass is 397 g/mol. The maximum atomic E-state index is 12.7. The van der Waals surface area contributed by atoms with E-state index < -0.39 is 11.7 Å².